The Bertz CT molecular complexity index is 1700. The maximum atomic E-state index is 14.6. The van der Waals surface area contributed by atoms with Crippen LogP contribution in [0.1, 0.15) is 53.3 Å². The van der Waals surface area contributed by atoms with Gasteiger partial charge in [0, 0.05) is 76.0 Å². The highest BCUT2D eigenvalue weighted by Gasteiger charge is 2.90. The van der Waals surface area contributed by atoms with E-state index >= 15 is 0 Å². The molecule has 5 aliphatic carbocycles. The van der Waals surface area contributed by atoms with Crippen LogP contribution in [0.5, 0.6) is 11.5 Å². The van der Waals surface area contributed by atoms with E-state index in [2.05, 4.69) is 11.8 Å². The summed E-state index contributed by atoms with van der Waals surface area (Å²) < 4.78 is 49.9. The number of hydrogen-bond donors (Lipinski definition) is 1. The first-order valence-corrected chi connectivity index (χ1v) is 18.8. The first-order valence-electron chi connectivity index (χ1n) is 18.8. The first kappa shape index (κ1) is 36.7. The van der Waals surface area contributed by atoms with Crippen LogP contribution in [0.4, 0.5) is 0 Å². The van der Waals surface area contributed by atoms with Crippen molar-refractivity contribution in [2.24, 2.45) is 34.5 Å². The Morgan fingerprint density at radius 2 is 1.43 bits per heavy atom. The molecule has 4 unspecified atom stereocenters. The fourth-order valence-corrected chi connectivity index (χ4v) is 13.1. The number of rotatable bonds is 12. The van der Waals surface area contributed by atoms with E-state index in [4.69, 9.17) is 37.9 Å². The highest BCUT2D eigenvalue weighted by molar-refractivity contribution is 5.90. The Labute approximate surface area is 311 Å². The van der Waals surface area contributed by atoms with Crippen LogP contribution in [-0.4, -0.2) is 126 Å². The van der Waals surface area contributed by atoms with Gasteiger partial charge in [0.2, 0.25) is 0 Å². The SMILES string of the molecule is CCN1C[C@]2(COC)CC[C@H](OC)C34C1C([C@H](OC)[C@@H]32)C1(OC(=O)c2ccc(OC)cc2)C[C@H](OC)[C@@]2(O)C[C@@H]4[C@@H]1[C@H]2OC(=O)c1ccc(OC)cc1. The number of fused-ring (bicyclic) bond motifs is 2. The molecule has 0 amide bonds. The van der Waals surface area contributed by atoms with E-state index in [9.17, 15) is 14.7 Å². The lowest BCUT2D eigenvalue weighted by Gasteiger charge is -2.69. The van der Waals surface area contributed by atoms with Crippen LogP contribution < -0.4 is 9.47 Å². The maximum absolute atomic E-state index is 14.6. The van der Waals surface area contributed by atoms with E-state index in [1.165, 1.54) is 0 Å². The van der Waals surface area contributed by atoms with Crippen LogP contribution in [0.2, 0.25) is 0 Å². The Morgan fingerprint density at radius 3 is 1.98 bits per heavy atom. The van der Waals surface area contributed by atoms with Crippen molar-refractivity contribution in [1.29, 1.82) is 0 Å². The number of nitrogens with zero attached hydrogens (tertiary/aromatic N) is 1. The zero-order chi connectivity index (χ0) is 37.5. The van der Waals surface area contributed by atoms with Gasteiger partial charge in [-0.05, 0) is 80.3 Å². The van der Waals surface area contributed by atoms with Gasteiger partial charge in [0.05, 0.1) is 50.3 Å². The smallest absolute Gasteiger partial charge is 0.338 e. The average Bonchev–Trinajstić information content (AvgIpc) is 3.56. The molecule has 0 radical (unpaired) electrons. The van der Waals surface area contributed by atoms with E-state index in [0.29, 0.717) is 29.2 Å². The van der Waals surface area contributed by atoms with Crippen LogP contribution >= 0.6 is 0 Å². The summed E-state index contributed by atoms with van der Waals surface area (Å²) in [4.78, 5) is 31.3. The largest absolute Gasteiger partial charge is 0.497 e. The molecule has 6 fully saturated rings. The molecule has 12 heteroatoms. The second-order valence-electron chi connectivity index (χ2n) is 16.2. The number of piperidine rings is 1. The molecule has 13 atom stereocenters. The molecule has 12 nitrogen and oxygen atoms in total. The second kappa shape index (κ2) is 13.2. The Kier molecular flexibility index (Phi) is 9.14. The quantitative estimate of drug-likeness (QED) is 0.316. The predicted octanol–water partition coefficient (Wildman–Crippen LogP) is 4.02. The average molecular weight is 736 g/mol. The number of ether oxygens (including phenoxy) is 8. The van der Waals surface area contributed by atoms with Crippen molar-refractivity contribution in [3.63, 3.8) is 0 Å². The highest BCUT2D eigenvalue weighted by Crippen LogP contribution is 2.80. The second-order valence-corrected chi connectivity index (χ2v) is 16.2. The van der Waals surface area contributed by atoms with Crippen LogP contribution in [0.3, 0.4) is 0 Å². The fourth-order valence-electron chi connectivity index (χ4n) is 13.1. The number of hydrogen-bond acceptors (Lipinski definition) is 12. The molecule has 1 spiro atoms. The number of esters is 2. The number of aliphatic hydroxyl groups is 1. The summed E-state index contributed by atoms with van der Waals surface area (Å²) in [6, 6.07) is 13.4. The summed E-state index contributed by atoms with van der Waals surface area (Å²) in [6.45, 7) is 4.26. The first-order chi connectivity index (χ1) is 25.6. The molecular formula is C41H53NO11. The van der Waals surface area contributed by atoms with Gasteiger partial charge < -0.3 is 43.0 Å². The zero-order valence-corrected chi connectivity index (χ0v) is 31.7. The minimum absolute atomic E-state index is 0.0510. The van der Waals surface area contributed by atoms with Crippen LogP contribution in [0.25, 0.3) is 0 Å². The minimum atomic E-state index is -1.57. The van der Waals surface area contributed by atoms with Gasteiger partial charge >= 0.3 is 11.9 Å². The van der Waals surface area contributed by atoms with Gasteiger partial charge in [-0.2, -0.15) is 0 Å². The molecule has 5 saturated carbocycles. The van der Waals surface area contributed by atoms with Crippen molar-refractivity contribution in [3.05, 3.63) is 59.7 Å². The zero-order valence-electron chi connectivity index (χ0n) is 31.7. The van der Waals surface area contributed by atoms with Gasteiger partial charge in [-0.25, -0.2) is 9.59 Å². The molecule has 2 aromatic rings. The van der Waals surface area contributed by atoms with E-state index in [1.54, 1.807) is 91.2 Å². The number of carbonyl (C=O) groups excluding carboxylic acids is 2. The van der Waals surface area contributed by atoms with Crippen molar-refractivity contribution in [2.75, 3.05) is 62.4 Å². The van der Waals surface area contributed by atoms with Gasteiger partial charge in [0.25, 0.3) is 0 Å². The van der Waals surface area contributed by atoms with Crippen LogP contribution in [0.15, 0.2) is 48.5 Å². The Morgan fingerprint density at radius 1 is 0.811 bits per heavy atom. The molecular weight excluding hydrogens is 682 g/mol. The van der Waals surface area contributed by atoms with Crippen molar-refractivity contribution in [1.82, 2.24) is 4.90 Å². The molecule has 0 aromatic heterocycles. The van der Waals surface area contributed by atoms with Crippen molar-refractivity contribution in [2.45, 2.75) is 74.3 Å². The third kappa shape index (κ3) is 4.81. The standard InChI is InChI=1S/C41H53NO11/c1-8-42-21-38(22-46-2)18-17-28(49-5)41-27-19-39(45)29(50-6)20-40(31(34(41)42)32(51-7)33(38)41,53-37(44)24-11-15-26(48-4)16-12-24)30(27)35(39)52-36(43)23-9-13-25(47-3)14-10-23/h9-16,27-35,45H,8,17-22H2,1-7H3/t27-,28+,29+,30-,31?,32+,33-,34?,35-,38+,39+,40?,41?/m1/s1. The summed E-state index contributed by atoms with van der Waals surface area (Å²) in [5.41, 5.74) is -3.00. The summed E-state index contributed by atoms with van der Waals surface area (Å²) >= 11 is 0. The number of methoxy groups -OCH3 is 6. The van der Waals surface area contributed by atoms with Crippen LogP contribution in [0, 0.1) is 34.5 Å². The molecule has 8 rings (SSSR count). The molecule has 6 aliphatic rings. The summed E-state index contributed by atoms with van der Waals surface area (Å²) in [5, 5.41) is 13.1. The van der Waals surface area contributed by atoms with Crippen LogP contribution in [-0.2, 0) is 28.4 Å². The van der Waals surface area contributed by atoms with Crippen molar-refractivity contribution in [3.8, 4) is 11.5 Å². The van der Waals surface area contributed by atoms with E-state index < -0.39 is 46.7 Å². The molecule has 2 aromatic carbocycles. The van der Waals surface area contributed by atoms with E-state index in [-0.39, 0.29) is 54.3 Å². The van der Waals surface area contributed by atoms with Gasteiger partial charge in [0.1, 0.15) is 28.8 Å². The summed E-state index contributed by atoms with van der Waals surface area (Å²) in [6.07, 6.45) is -0.284. The third-order valence-electron chi connectivity index (χ3n) is 14.6. The molecule has 7 bridgehead atoms. The van der Waals surface area contributed by atoms with Gasteiger partial charge in [0.15, 0.2) is 0 Å². The normalized spacial score (nSPS) is 41.8. The van der Waals surface area contributed by atoms with E-state index in [1.807, 2.05) is 0 Å². The summed E-state index contributed by atoms with van der Waals surface area (Å²) in [7, 11) is 10.0. The number of likely N-dealkylation sites (tertiary alicyclic amines) is 1. The predicted molar refractivity (Wildman–Crippen MR) is 191 cm³/mol. The molecule has 288 valence electrons. The van der Waals surface area contributed by atoms with Crippen molar-refractivity contribution >= 4 is 11.9 Å². The Balaban J connectivity index is 1.35. The fraction of sp³-hybridized carbons (Fsp3) is 0.659. The highest BCUT2D eigenvalue weighted by atomic mass is 16.6. The molecule has 1 N–H and O–H groups in total. The molecule has 53 heavy (non-hydrogen) atoms. The lowest BCUT2D eigenvalue weighted by Crippen LogP contribution is -2.77. The van der Waals surface area contributed by atoms with Gasteiger partial charge in [-0.3, -0.25) is 4.90 Å². The summed E-state index contributed by atoms with van der Waals surface area (Å²) in [5.74, 6) is -1.19. The molecule has 1 aliphatic heterocycles. The van der Waals surface area contributed by atoms with Crippen molar-refractivity contribution < 1.29 is 52.6 Å². The lowest BCUT2D eigenvalue weighted by molar-refractivity contribution is -0.282. The van der Waals surface area contributed by atoms with Gasteiger partial charge in [-0.1, -0.05) is 6.92 Å². The lowest BCUT2D eigenvalue weighted by atomic mass is 9.43. The minimum Gasteiger partial charge on any atom is -0.497 e. The molecule has 1 heterocycles. The Hall–Kier alpha value is -3.26. The number of benzene rings is 2. The van der Waals surface area contributed by atoms with Gasteiger partial charge in [-0.15, -0.1) is 0 Å². The number of carbonyl (C=O) groups is 2. The monoisotopic (exact) mass is 735 g/mol. The third-order valence-corrected chi connectivity index (χ3v) is 14.6. The topological polar surface area (TPSA) is 131 Å². The molecule has 1 saturated heterocycles. The van der Waals surface area contributed by atoms with E-state index in [0.717, 1.165) is 25.9 Å². The maximum Gasteiger partial charge on any atom is 0.338 e.